The molecule has 2 rings (SSSR count). The third kappa shape index (κ3) is 3.96. The number of nitrogens with one attached hydrogen (secondary N) is 1. The van der Waals surface area contributed by atoms with Gasteiger partial charge in [0.15, 0.2) is 0 Å². The number of rotatable bonds is 4. The molecule has 2 heterocycles. The Morgan fingerprint density at radius 3 is 3.00 bits per heavy atom. The van der Waals surface area contributed by atoms with Crippen LogP contribution in [0.1, 0.15) is 32.8 Å². The number of aromatic nitrogens is 1. The molecule has 1 aliphatic heterocycles. The average Bonchev–Trinajstić information content (AvgIpc) is 2.80. The quantitative estimate of drug-likeness (QED) is 0.889. The maximum Gasteiger partial charge on any atom is 0.218 e. The summed E-state index contributed by atoms with van der Waals surface area (Å²) in [6.45, 7) is 8.66. The first kappa shape index (κ1) is 13.3. The van der Waals surface area contributed by atoms with Crippen LogP contribution in [0, 0.1) is 0 Å². The maximum absolute atomic E-state index is 5.90. The van der Waals surface area contributed by atoms with Gasteiger partial charge in [-0.3, -0.25) is 0 Å². The Hall–Kier alpha value is -1.13. The molecule has 0 amide bonds. The predicted molar refractivity (Wildman–Crippen MR) is 70.7 cm³/mol. The van der Waals surface area contributed by atoms with Gasteiger partial charge in [0, 0.05) is 30.3 Å². The van der Waals surface area contributed by atoms with E-state index in [2.05, 4.69) is 37.1 Å². The second-order valence-electron chi connectivity index (χ2n) is 5.67. The molecule has 18 heavy (non-hydrogen) atoms. The molecule has 4 nitrogen and oxygen atoms in total. The van der Waals surface area contributed by atoms with Crippen LogP contribution in [-0.4, -0.2) is 29.8 Å². The Morgan fingerprint density at radius 1 is 1.50 bits per heavy atom. The van der Waals surface area contributed by atoms with E-state index >= 15 is 0 Å². The molecule has 1 saturated heterocycles. The normalized spacial score (nSPS) is 20.1. The second kappa shape index (κ2) is 5.67. The first-order valence-corrected chi connectivity index (χ1v) is 6.48. The molecule has 0 bridgehead atoms. The zero-order valence-corrected chi connectivity index (χ0v) is 11.4. The molecule has 100 valence electrons. The lowest BCUT2D eigenvalue weighted by molar-refractivity contribution is 0.137. The maximum atomic E-state index is 5.90. The molecule has 1 N–H and O–H groups in total. The van der Waals surface area contributed by atoms with Crippen LogP contribution in [0.15, 0.2) is 18.3 Å². The van der Waals surface area contributed by atoms with E-state index in [1.807, 2.05) is 6.07 Å². The van der Waals surface area contributed by atoms with Crippen molar-refractivity contribution >= 4 is 0 Å². The zero-order valence-electron chi connectivity index (χ0n) is 11.4. The SMILES string of the molecule is CC(C)(C)NCc1cccnc1OC1CCOC1. The third-order valence-electron chi connectivity index (χ3n) is 2.83. The van der Waals surface area contributed by atoms with Crippen LogP contribution in [-0.2, 0) is 11.3 Å². The molecule has 1 unspecified atom stereocenters. The Labute approximate surface area is 109 Å². The largest absolute Gasteiger partial charge is 0.472 e. The van der Waals surface area contributed by atoms with Crippen molar-refractivity contribution in [1.82, 2.24) is 10.3 Å². The van der Waals surface area contributed by atoms with Crippen molar-refractivity contribution in [2.75, 3.05) is 13.2 Å². The lowest BCUT2D eigenvalue weighted by atomic mass is 10.1. The van der Waals surface area contributed by atoms with E-state index < -0.39 is 0 Å². The lowest BCUT2D eigenvalue weighted by Crippen LogP contribution is -2.35. The second-order valence-corrected chi connectivity index (χ2v) is 5.67. The molecule has 0 spiro atoms. The van der Waals surface area contributed by atoms with E-state index in [0.717, 1.165) is 31.0 Å². The van der Waals surface area contributed by atoms with Gasteiger partial charge in [0.05, 0.1) is 13.2 Å². The van der Waals surface area contributed by atoms with Gasteiger partial charge >= 0.3 is 0 Å². The summed E-state index contributed by atoms with van der Waals surface area (Å²) < 4.78 is 11.2. The van der Waals surface area contributed by atoms with Crippen molar-refractivity contribution in [3.05, 3.63) is 23.9 Å². The molecule has 0 radical (unpaired) electrons. The molecule has 0 aliphatic carbocycles. The average molecular weight is 250 g/mol. The molecule has 4 heteroatoms. The molecule has 1 aromatic heterocycles. The summed E-state index contributed by atoms with van der Waals surface area (Å²) in [5, 5.41) is 3.45. The van der Waals surface area contributed by atoms with Gasteiger partial charge in [0.2, 0.25) is 5.88 Å². The van der Waals surface area contributed by atoms with Gasteiger partial charge in [-0.05, 0) is 26.8 Å². The van der Waals surface area contributed by atoms with E-state index in [9.17, 15) is 0 Å². The lowest BCUT2D eigenvalue weighted by Gasteiger charge is -2.21. The first-order valence-electron chi connectivity index (χ1n) is 6.48. The van der Waals surface area contributed by atoms with Crippen molar-refractivity contribution in [2.45, 2.75) is 45.4 Å². The van der Waals surface area contributed by atoms with Crippen molar-refractivity contribution in [2.24, 2.45) is 0 Å². The molecule has 1 aromatic rings. The van der Waals surface area contributed by atoms with E-state index in [1.165, 1.54) is 0 Å². The molecule has 1 atom stereocenters. The minimum atomic E-state index is 0.0869. The van der Waals surface area contributed by atoms with Crippen molar-refractivity contribution in [3.8, 4) is 5.88 Å². The summed E-state index contributed by atoms with van der Waals surface area (Å²) >= 11 is 0. The zero-order chi connectivity index (χ0) is 13.0. The summed E-state index contributed by atoms with van der Waals surface area (Å²) in [6.07, 6.45) is 2.86. The monoisotopic (exact) mass is 250 g/mol. The molecule has 0 saturated carbocycles. The van der Waals surface area contributed by atoms with Gasteiger partial charge < -0.3 is 14.8 Å². The fourth-order valence-electron chi connectivity index (χ4n) is 1.79. The summed E-state index contributed by atoms with van der Waals surface area (Å²) in [6, 6.07) is 3.99. The fraction of sp³-hybridized carbons (Fsp3) is 0.643. The minimum Gasteiger partial charge on any atom is -0.472 e. The molecular weight excluding hydrogens is 228 g/mol. The van der Waals surface area contributed by atoms with Crippen LogP contribution in [0.25, 0.3) is 0 Å². The highest BCUT2D eigenvalue weighted by Gasteiger charge is 2.19. The molecule has 1 aliphatic rings. The van der Waals surface area contributed by atoms with Crippen LogP contribution in [0.5, 0.6) is 5.88 Å². The van der Waals surface area contributed by atoms with E-state index in [4.69, 9.17) is 9.47 Å². The Kier molecular flexibility index (Phi) is 4.19. The van der Waals surface area contributed by atoms with E-state index in [-0.39, 0.29) is 11.6 Å². The summed E-state index contributed by atoms with van der Waals surface area (Å²) in [4.78, 5) is 4.33. The van der Waals surface area contributed by atoms with Crippen molar-refractivity contribution < 1.29 is 9.47 Å². The highest BCUT2D eigenvalue weighted by Crippen LogP contribution is 2.19. The van der Waals surface area contributed by atoms with Gasteiger partial charge in [-0.15, -0.1) is 0 Å². The summed E-state index contributed by atoms with van der Waals surface area (Å²) in [5.74, 6) is 0.727. The third-order valence-corrected chi connectivity index (χ3v) is 2.83. The highest BCUT2D eigenvalue weighted by molar-refractivity contribution is 5.25. The van der Waals surface area contributed by atoms with Gasteiger partial charge in [0.1, 0.15) is 6.10 Å². The number of hydrogen-bond acceptors (Lipinski definition) is 4. The van der Waals surface area contributed by atoms with Crippen LogP contribution in [0.2, 0.25) is 0 Å². The van der Waals surface area contributed by atoms with Gasteiger partial charge in [-0.25, -0.2) is 4.98 Å². The number of ether oxygens (including phenoxy) is 2. The van der Waals surface area contributed by atoms with Crippen LogP contribution in [0.4, 0.5) is 0 Å². The molecular formula is C14H22N2O2. The number of hydrogen-bond donors (Lipinski definition) is 1. The van der Waals surface area contributed by atoms with E-state index in [0.29, 0.717) is 6.61 Å². The van der Waals surface area contributed by atoms with E-state index in [1.54, 1.807) is 6.20 Å². The van der Waals surface area contributed by atoms with Crippen LogP contribution in [0.3, 0.4) is 0 Å². The van der Waals surface area contributed by atoms with Crippen LogP contribution >= 0.6 is 0 Å². The van der Waals surface area contributed by atoms with Gasteiger partial charge in [-0.2, -0.15) is 0 Å². The van der Waals surface area contributed by atoms with Crippen molar-refractivity contribution in [3.63, 3.8) is 0 Å². The van der Waals surface area contributed by atoms with Crippen LogP contribution < -0.4 is 10.1 Å². The molecule has 0 aromatic carbocycles. The Morgan fingerprint density at radius 2 is 2.33 bits per heavy atom. The fourth-order valence-corrected chi connectivity index (χ4v) is 1.79. The van der Waals surface area contributed by atoms with Crippen molar-refractivity contribution in [1.29, 1.82) is 0 Å². The highest BCUT2D eigenvalue weighted by atomic mass is 16.5. The topological polar surface area (TPSA) is 43.4 Å². The Balaban J connectivity index is 2.00. The Bertz CT molecular complexity index is 382. The first-order chi connectivity index (χ1) is 8.54. The number of nitrogens with zero attached hydrogens (tertiary/aromatic N) is 1. The predicted octanol–water partition coefficient (Wildman–Crippen LogP) is 2.14. The summed E-state index contributed by atoms with van der Waals surface area (Å²) in [7, 11) is 0. The minimum absolute atomic E-state index is 0.0869. The summed E-state index contributed by atoms with van der Waals surface area (Å²) in [5.41, 5.74) is 1.18. The molecule has 1 fully saturated rings. The standard InChI is InChI=1S/C14H22N2O2/c1-14(2,3)16-9-11-5-4-7-15-13(11)18-12-6-8-17-10-12/h4-5,7,12,16H,6,8-10H2,1-3H3. The smallest absolute Gasteiger partial charge is 0.218 e. The van der Waals surface area contributed by atoms with Gasteiger partial charge in [-0.1, -0.05) is 6.07 Å². The van der Waals surface area contributed by atoms with Gasteiger partial charge in [0.25, 0.3) is 0 Å². The number of pyridine rings is 1.